The highest BCUT2D eigenvalue weighted by Gasteiger charge is 2.28. The molecule has 0 fully saturated rings. The zero-order chi connectivity index (χ0) is 11.7. The van der Waals surface area contributed by atoms with E-state index >= 15 is 0 Å². The number of benzene rings is 1. The molecule has 4 nitrogen and oxygen atoms in total. The van der Waals surface area contributed by atoms with Gasteiger partial charge in [-0.15, -0.1) is 0 Å². The van der Waals surface area contributed by atoms with Gasteiger partial charge in [-0.3, -0.25) is 4.79 Å². The number of aliphatic carboxylic acids is 1. The number of fused-ring (bicyclic) bond motifs is 1. The molecule has 1 aliphatic heterocycles. The van der Waals surface area contributed by atoms with Crippen LogP contribution in [-0.4, -0.2) is 24.7 Å². The highest BCUT2D eigenvalue weighted by Crippen LogP contribution is 2.32. The lowest BCUT2D eigenvalue weighted by molar-refractivity contribution is -0.138. The number of carbonyl (C=O) groups is 1. The van der Waals surface area contributed by atoms with Gasteiger partial charge in [0.25, 0.3) is 0 Å². The minimum absolute atomic E-state index is 0.474. The second-order valence-electron chi connectivity index (χ2n) is 4.06. The Bertz CT molecular complexity index is 429. The van der Waals surface area contributed by atoms with Crippen LogP contribution >= 0.6 is 0 Å². The molecule has 1 aromatic rings. The van der Waals surface area contributed by atoms with Gasteiger partial charge >= 0.3 is 5.97 Å². The van der Waals surface area contributed by atoms with Crippen LogP contribution in [0.1, 0.15) is 22.6 Å². The average Bonchev–Trinajstić information content (AvgIpc) is 2.26. The number of hydrogen-bond acceptors (Lipinski definition) is 3. The van der Waals surface area contributed by atoms with Gasteiger partial charge in [-0.1, -0.05) is 6.07 Å². The fraction of sp³-hybridized carbons (Fsp3) is 0.417. The minimum Gasteiger partial charge on any atom is -0.496 e. The maximum Gasteiger partial charge on any atom is 0.312 e. The molecule has 0 spiro atoms. The molecule has 0 aromatic heterocycles. The first-order valence-electron chi connectivity index (χ1n) is 5.24. The lowest BCUT2D eigenvalue weighted by Gasteiger charge is -2.25. The SMILES string of the molecule is COc1cc(C)cc2c1CNCC2C(=O)O. The Morgan fingerprint density at radius 3 is 2.94 bits per heavy atom. The summed E-state index contributed by atoms with van der Waals surface area (Å²) in [5, 5.41) is 12.3. The number of carboxylic acid groups (broad SMARTS) is 1. The minimum atomic E-state index is -0.791. The largest absolute Gasteiger partial charge is 0.496 e. The first-order valence-corrected chi connectivity index (χ1v) is 5.24. The van der Waals surface area contributed by atoms with Crippen molar-refractivity contribution in [3.8, 4) is 5.75 Å². The molecule has 1 aliphatic rings. The molecule has 2 N–H and O–H groups in total. The van der Waals surface area contributed by atoms with Crippen molar-refractivity contribution in [2.24, 2.45) is 0 Å². The Balaban J connectivity index is 2.55. The fourth-order valence-electron chi connectivity index (χ4n) is 2.16. The summed E-state index contributed by atoms with van der Waals surface area (Å²) in [5.74, 6) is -0.493. The van der Waals surface area contributed by atoms with Crippen molar-refractivity contribution in [1.29, 1.82) is 0 Å². The number of nitrogens with one attached hydrogen (secondary N) is 1. The summed E-state index contributed by atoms with van der Waals surface area (Å²) in [4.78, 5) is 11.1. The molecule has 1 atom stereocenters. The van der Waals surface area contributed by atoms with E-state index in [2.05, 4.69) is 5.32 Å². The van der Waals surface area contributed by atoms with Crippen molar-refractivity contribution < 1.29 is 14.6 Å². The Hall–Kier alpha value is -1.55. The second kappa shape index (κ2) is 4.14. The molecule has 2 rings (SSSR count). The maximum atomic E-state index is 11.1. The quantitative estimate of drug-likeness (QED) is 0.789. The zero-order valence-corrected chi connectivity index (χ0v) is 9.41. The maximum absolute atomic E-state index is 11.1. The zero-order valence-electron chi connectivity index (χ0n) is 9.41. The van der Waals surface area contributed by atoms with E-state index in [1.54, 1.807) is 7.11 Å². The molecule has 86 valence electrons. The van der Waals surface area contributed by atoms with Gasteiger partial charge in [-0.2, -0.15) is 0 Å². The number of rotatable bonds is 2. The van der Waals surface area contributed by atoms with E-state index in [1.165, 1.54) is 0 Å². The van der Waals surface area contributed by atoms with Crippen molar-refractivity contribution in [3.63, 3.8) is 0 Å². The van der Waals surface area contributed by atoms with Crippen LogP contribution in [0.2, 0.25) is 0 Å². The number of hydrogen-bond donors (Lipinski definition) is 2. The molecule has 0 aliphatic carbocycles. The van der Waals surface area contributed by atoms with Crippen LogP contribution < -0.4 is 10.1 Å². The van der Waals surface area contributed by atoms with Crippen LogP contribution in [0.4, 0.5) is 0 Å². The molecule has 1 unspecified atom stereocenters. The van der Waals surface area contributed by atoms with Crippen LogP contribution in [0, 0.1) is 6.92 Å². The first-order chi connectivity index (χ1) is 7.63. The molecule has 1 heterocycles. The van der Waals surface area contributed by atoms with E-state index in [1.807, 2.05) is 19.1 Å². The molecule has 1 aromatic carbocycles. The predicted octanol–water partition coefficient (Wildman–Crippen LogP) is 1.28. The van der Waals surface area contributed by atoms with Gasteiger partial charge in [0.15, 0.2) is 0 Å². The van der Waals surface area contributed by atoms with Gasteiger partial charge in [0, 0.05) is 18.7 Å². The van der Waals surface area contributed by atoms with Crippen LogP contribution in [0.5, 0.6) is 5.75 Å². The van der Waals surface area contributed by atoms with Crippen LogP contribution in [0.3, 0.4) is 0 Å². The Morgan fingerprint density at radius 1 is 1.56 bits per heavy atom. The number of ether oxygens (including phenoxy) is 1. The third-order valence-electron chi connectivity index (χ3n) is 2.93. The van der Waals surface area contributed by atoms with Gasteiger partial charge < -0.3 is 15.2 Å². The predicted molar refractivity (Wildman–Crippen MR) is 59.8 cm³/mol. The third-order valence-corrected chi connectivity index (χ3v) is 2.93. The van der Waals surface area contributed by atoms with Gasteiger partial charge in [0.1, 0.15) is 5.75 Å². The molecular formula is C12H15NO3. The topological polar surface area (TPSA) is 58.6 Å². The Kier molecular flexibility index (Phi) is 2.83. The number of aryl methyl sites for hydroxylation is 1. The van der Waals surface area contributed by atoms with Crippen molar-refractivity contribution in [2.45, 2.75) is 19.4 Å². The number of carboxylic acids is 1. The standard InChI is InChI=1S/C12H15NO3/c1-7-3-8-9(11(4-7)16-2)5-13-6-10(8)12(14)15/h3-4,10,13H,5-6H2,1-2H3,(H,14,15). The summed E-state index contributed by atoms with van der Waals surface area (Å²) in [6.07, 6.45) is 0. The summed E-state index contributed by atoms with van der Waals surface area (Å²) in [6, 6.07) is 3.88. The Labute approximate surface area is 94.2 Å². The van der Waals surface area contributed by atoms with Crippen molar-refractivity contribution in [3.05, 3.63) is 28.8 Å². The van der Waals surface area contributed by atoms with Gasteiger partial charge in [0.2, 0.25) is 0 Å². The summed E-state index contributed by atoms with van der Waals surface area (Å²) in [6.45, 7) is 3.10. The third kappa shape index (κ3) is 1.76. The molecule has 4 heteroatoms. The van der Waals surface area contributed by atoms with E-state index in [0.717, 1.165) is 22.4 Å². The highest BCUT2D eigenvalue weighted by atomic mass is 16.5. The normalized spacial score (nSPS) is 19.0. The van der Waals surface area contributed by atoms with Gasteiger partial charge in [-0.25, -0.2) is 0 Å². The van der Waals surface area contributed by atoms with Gasteiger partial charge in [-0.05, 0) is 24.1 Å². The fourth-order valence-corrected chi connectivity index (χ4v) is 2.16. The lowest BCUT2D eigenvalue weighted by Crippen LogP contribution is -2.32. The molecule has 0 saturated carbocycles. The van der Waals surface area contributed by atoms with E-state index in [0.29, 0.717) is 13.1 Å². The van der Waals surface area contributed by atoms with Gasteiger partial charge in [0.05, 0.1) is 13.0 Å². The number of methoxy groups -OCH3 is 1. The molecule has 0 amide bonds. The Morgan fingerprint density at radius 2 is 2.31 bits per heavy atom. The molecule has 0 radical (unpaired) electrons. The first kappa shape index (κ1) is 11.0. The van der Waals surface area contributed by atoms with E-state index < -0.39 is 11.9 Å². The van der Waals surface area contributed by atoms with Crippen molar-refractivity contribution >= 4 is 5.97 Å². The monoisotopic (exact) mass is 221 g/mol. The van der Waals surface area contributed by atoms with Crippen molar-refractivity contribution in [1.82, 2.24) is 5.32 Å². The summed E-state index contributed by atoms with van der Waals surface area (Å²) in [7, 11) is 1.61. The summed E-state index contributed by atoms with van der Waals surface area (Å²) >= 11 is 0. The molecular weight excluding hydrogens is 206 g/mol. The average molecular weight is 221 g/mol. The van der Waals surface area contributed by atoms with Crippen LogP contribution in [0.15, 0.2) is 12.1 Å². The van der Waals surface area contributed by atoms with Crippen LogP contribution in [0.25, 0.3) is 0 Å². The molecule has 16 heavy (non-hydrogen) atoms. The van der Waals surface area contributed by atoms with E-state index in [4.69, 9.17) is 9.84 Å². The van der Waals surface area contributed by atoms with E-state index in [-0.39, 0.29) is 0 Å². The highest BCUT2D eigenvalue weighted by molar-refractivity contribution is 5.78. The molecule has 0 bridgehead atoms. The lowest BCUT2D eigenvalue weighted by atomic mass is 9.89. The van der Waals surface area contributed by atoms with Crippen LogP contribution in [-0.2, 0) is 11.3 Å². The van der Waals surface area contributed by atoms with Crippen molar-refractivity contribution in [2.75, 3.05) is 13.7 Å². The summed E-state index contributed by atoms with van der Waals surface area (Å²) in [5.41, 5.74) is 2.87. The second-order valence-corrected chi connectivity index (χ2v) is 4.06. The molecule has 0 saturated heterocycles. The van der Waals surface area contributed by atoms with E-state index in [9.17, 15) is 4.79 Å². The summed E-state index contributed by atoms with van der Waals surface area (Å²) < 4.78 is 5.29. The smallest absolute Gasteiger partial charge is 0.312 e.